The van der Waals surface area contributed by atoms with E-state index < -0.39 is 0 Å². The Hall–Kier alpha value is -0.0800. The van der Waals surface area contributed by atoms with Gasteiger partial charge in [-0.3, -0.25) is 0 Å². The lowest BCUT2D eigenvalue weighted by Crippen LogP contribution is -2.43. The van der Waals surface area contributed by atoms with E-state index in [2.05, 4.69) is 26.2 Å². The molecule has 1 aliphatic rings. The molecule has 0 aromatic rings. The maximum Gasteiger partial charge on any atom is 0.0462 e. The third-order valence-corrected chi connectivity index (χ3v) is 4.34. The average molecular weight is 241 g/mol. The zero-order valence-electron chi connectivity index (χ0n) is 12.2. The highest BCUT2D eigenvalue weighted by Gasteiger charge is 2.40. The van der Waals surface area contributed by atoms with Crippen molar-refractivity contribution in [3.8, 4) is 0 Å². The molecule has 1 saturated carbocycles. The van der Waals surface area contributed by atoms with E-state index in [-0.39, 0.29) is 0 Å². The van der Waals surface area contributed by atoms with Crippen molar-refractivity contribution in [1.82, 2.24) is 5.32 Å². The zero-order valence-corrected chi connectivity index (χ0v) is 12.2. The molecule has 1 rings (SSSR count). The molecule has 0 saturated heterocycles. The van der Waals surface area contributed by atoms with E-state index in [9.17, 15) is 0 Å². The number of ether oxygens (including phenoxy) is 1. The van der Waals surface area contributed by atoms with Crippen LogP contribution in [0.2, 0.25) is 0 Å². The predicted octanol–water partition coefficient (Wildman–Crippen LogP) is 3.61. The summed E-state index contributed by atoms with van der Waals surface area (Å²) in [6.45, 7) is 5.62. The lowest BCUT2D eigenvalue weighted by molar-refractivity contribution is 0.134. The summed E-state index contributed by atoms with van der Waals surface area (Å²) in [5.74, 6) is 0.811. The van der Waals surface area contributed by atoms with E-state index in [1.807, 2.05) is 0 Å². The Bertz CT molecular complexity index is 197. The maximum atomic E-state index is 5.19. The highest BCUT2D eigenvalue weighted by Crippen LogP contribution is 2.46. The van der Waals surface area contributed by atoms with Crippen LogP contribution in [0.15, 0.2) is 0 Å². The summed E-state index contributed by atoms with van der Waals surface area (Å²) in [6, 6.07) is 0.683. The number of hydrogen-bond acceptors (Lipinski definition) is 2. The molecule has 0 aromatic carbocycles. The summed E-state index contributed by atoms with van der Waals surface area (Å²) < 4.78 is 5.19. The zero-order chi connectivity index (χ0) is 12.7. The molecule has 0 spiro atoms. The molecular formula is C15H31NO. The molecule has 0 bridgehead atoms. The van der Waals surface area contributed by atoms with Crippen molar-refractivity contribution in [2.45, 2.75) is 64.8 Å². The third-order valence-electron chi connectivity index (χ3n) is 4.34. The fourth-order valence-electron chi connectivity index (χ4n) is 3.78. The van der Waals surface area contributed by atoms with Gasteiger partial charge in [0.1, 0.15) is 0 Å². The van der Waals surface area contributed by atoms with Gasteiger partial charge in [0.2, 0.25) is 0 Å². The number of rotatable bonds is 8. The second kappa shape index (κ2) is 7.38. The van der Waals surface area contributed by atoms with E-state index in [4.69, 9.17) is 4.74 Å². The number of methoxy groups -OCH3 is 1. The molecule has 0 radical (unpaired) electrons. The Balaban J connectivity index is 2.58. The second-order valence-corrected chi connectivity index (χ2v) is 6.14. The topological polar surface area (TPSA) is 21.3 Å². The van der Waals surface area contributed by atoms with Crippen LogP contribution in [0.1, 0.15) is 58.8 Å². The van der Waals surface area contributed by atoms with Gasteiger partial charge in [-0.2, -0.15) is 0 Å². The summed E-state index contributed by atoms with van der Waals surface area (Å²) >= 11 is 0. The van der Waals surface area contributed by atoms with Crippen molar-refractivity contribution in [3.05, 3.63) is 0 Å². The first-order valence-electron chi connectivity index (χ1n) is 7.31. The number of hydrogen-bond donors (Lipinski definition) is 1. The predicted molar refractivity (Wildman–Crippen MR) is 74.3 cm³/mol. The molecule has 1 aliphatic carbocycles. The summed E-state index contributed by atoms with van der Waals surface area (Å²) in [6.07, 6.45) is 9.52. The molecule has 0 aromatic heterocycles. The van der Waals surface area contributed by atoms with Crippen molar-refractivity contribution in [2.24, 2.45) is 11.3 Å². The Morgan fingerprint density at radius 2 is 1.88 bits per heavy atom. The van der Waals surface area contributed by atoms with Gasteiger partial charge in [-0.15, -0.1) is 0 Å². The largest absolute Gasteiger partial charge is 0.385 e. The van der Waals surface area contributed by atoms with Crippen LogP contribution in [-0.2, 0) is 4.74 Å². The fraction of sp³-hybridized carbons (Fsp3) is 1.00. The molecule has 1 atom stereocenters. The lowest BCUT2D eigenvalue weighted by atomic mass is 9.71. The third kappa shape index (κ3) is 4.26. The van der Waals surface area contributed by atoms with Gasteiger partial charge < -0.3 is 10.1 Å². The maximum absolute atomic E-state index is 5.19. The van der Waals surface area contributed by atoms with Gasteiger partial charge in [0.25, 0.3) is 0 Å². The fourth-order valence-corrected chi connectivity index (χ4v) is 3.78. The first kappa shape index (κ1) is 15.0. The van der Waals surface area contributed by atoms with Gasteiger partial charge in [0, 0.05) is 19.8 Å². The average Bonchev–Trinajstić information content (AvgIpc) is 2.73. The first-order valence-corrected chi connectivity index (χ1v) is 7.31. The summed E-state index contributed by atoms with van der Waals surface area (Å²) in [5, 5.41) is 3.59. The molecule has 0 amide bonds. The highest BCUT2D eigenvalue weighted by atomic mass is 16.5. The van der Waals surface area contributed by atoms with Crippen molar-refractivity contribution in [1.29, 1.82) is 0 Å². The van der Waals surface area contributed by atoms with Crippen LogP contribution < -0.4 is 5.32 Å². The minimum Gasteiger partial charge on any atom is -0.385 e. The second-order valence-electron chi connectivity index (χ2n) is 6.14. The van der Waals surface area contributed by atoms with Gasteiger partial charge in [-0.1, -0.05) is 26.7 Å². The summed E-state index contributed by atoms with van der Waals surface area (Å²) in [4.78, 5) is 0. The standard InChI is InChI=1S/C15H31NO/c1-13(2)12-15(9-5-6-10-15)14(16-3)8-7-11-17-4/h13-14,16H,5-12H2,1-4H3. The van der Waals surface area contributed by atoms with Crippen LogP contribution in [0, 0.1) is 11.3 Å². The van der Waals surface area contributed by atoms with Crippen molar-refractivity contribution < 1.29 is 4.74 Å². The molecule has 1 unspecified atom stereocenters. The first-order chi connectivity index (χ1) is 8.14. The monoisotopic (exact) mass is 241 g/mol. The van der Waals surface area contributed by atoms with Crippen LogP contribution in [0.3, 0.4) is 0 Å². The van der Waals surface area contributed by atoms with E-state index >= 15 is 0 Å². The van der Waals surface area contributed by atoms with Gasteiger partial charge in [-0.25, -0.2) is 0 Å². The smallest absolute Gasteiger partial charge is 0.0462 e. The van der Waals surface area contributed by atoms with Gasteiger partial charge in [0.15, 0.2) is 0 Å². The van der Waals surface area contributed by atoms with E-state index in [1.165, 1.54) is 44.9 Å². The molecule has 1 fully saturated rings. The Morgan fingerprint density at radius 1 is 1.24 bits per heavy atom. The molecule has 0 aliphatic heterocycles. The molecular weight excluding hydrogens is 210 g/mol. The van der Waals surface area contributed by atoms with Crippen molar-refractivity contribution in [2.75, 3.05) is 20.8 Å². The van der Waals surface area contributed by atoms with Crippen LogP contribution in [-0.4, -0.2) is 26.8 Å². The molecule has 0 heterocycles. The minimum absolute atomic E-state index is 0.566. The van der Waals surface area contributed by atoms with Crippen LogP contribution >= 0.6 is 0 Å². The molecule has 2 heteroatoms. The van der Waals surface area contributed by atoms with Crippen molar-refractivity contribution in [3.63, 3.8) is 0 Å². The Labute approximate surface area is 108 Å². The van der Waals surface area contributed by atoms with Gasteiger partial charge in [-0.05, 0) is 50.5 Å². The molecule has 102 valence electrons. The van der Waals surface area contributed by atoms with E-state index in [0.29, 0.717) is 11.5 Å². The summed E-state index contributed by atoms with van der Waals surface area (Å²) in [5.41, 5.74) is 0.566. The Morgan fingerprint density at radius 3 is 2.35 bits per heavy atom. The quantitative estimate of drug-likeness (QED) is 0.656. The summed E-state index contributed by atoms with van der Waals surface area (Å²) in [7, 11) is 3.94. The van der Waals surface area contributed by atoms with Gasteiger partial charge >= 0.3 is 0 Å². The molecule has 17 heavy (non-hydrogen) atoms. The normalized spacial score (nSPS) is 21.0. The van der Waals surface area contributed by atoms with Crippen LogP contribution in [0.4, 0.5) is 0 Å². The van der Waals surface area contributed by atoms with Gasteiger partial charge in [0.05, 0.1) is 0 Å². The number of nitrogens with one attached hydrogen (secondary N) is 1. The van der Waals surface area contributed by atoms with Crippen LogP contribution in [0.5, 0.6) is 0 Å². The minimum atomic E-state index is 0.566. The van der Waals surface area contributed by atoms with E-state index in [1.54, 1.807) is 7.11 Å². The van der Waals surface area contributed by atoms with Crippen LogP contribution in [0.25, 0.3) is 0 Å². The van der Waals surface area contributed by atoms with E-state index in [0.717, 1.165) is 12.5 Å². The SMILES string of the molecule is CNC(CCCOC)C1(CC(C)C)CCCC1. The van der Waals surface area contributed by atoms with Crippen molar-refractivity contribution >= 4 is 0 Å². The lowest BCUT2D eigenvalue weighted by Gasteiger charge is -2.39. The molecule has 1 N–H and O–H groups in total. The highest BCUT2D eigenvalue weighted by molar-refractivity contribution is 4.94. The molecule has 2 nitrogen and oxygen atoms in total. The Kier molecular flexibility index (Phi) is 6.50.